The zero-order chi connectivity index (χ0) is 0. The van der Waals surface area contributed by atoms with Gasteiger partial charge in [0.05, 0.1) is 0 Å². The van der Waals surface area contributed by atoms with Crippen LogP contribution in [0, 0.1) is 0 Å². The topological polar surface area (TPSA) is 0 Å². The van der Waals surface area contributed by atoms with Crippen molar-refractivity contribution >= 4 is 56.4 Å². The molecule has 0 aliphatic rings. The fourth-order valence-corrected chi connectivity index (χ4v) is 0. The minimum Gasteiger partial charge on any atom is -0.197 e. The van der Waals surface area contributed by atoms with E-state index in [4.69, 9.17) is 0 Å². The zero-order valence-corrected chi connectivity index (χ0v) is 8.74. The van der Waals surface area contributed by atoms with E-state index in [0.29, 0.717) is 0 Å². The first-order valence-electron chi connectivity index (χ1n) is 0. The summed E-state index contributed by atoms with van der Waals surface area (Å²) < 4.78 is 0. The van der Waals surface area contributed by atoms with Crippen molar-refractivity contribution in [3.05, 3.63) is 0 Å². The van der Waals surface area contributed by atoms with Crippen LogP contribution in [-0.2, 0) is 17.1 Å². The molecule has 0 aromatic carbocycles. The molecule has 0 bridgehead atoms. The van der Waals surface area contributed by atoms with Crippen LogP contribution in [0.25, 0.3) is 0 Å². The summed E-state index contributed by atoms with van der Waals surface area (Å²) in [4.78, 5) is 0. The first kappa shape index (κ1) is 33.9. The average molecular weight is 291 g/mol. The molecule has 0 nitrogen and oxygen atoms in total. The van der Waals surface area contributed by atoms with Gasteiger partial charge in [-0.3, -0.25) is 0 Å². The Morgan fingerprint density at radius 1 is 1.00 bits per heavy atom. The summed E-state index contributed by atoms with van der Waals surface area (Å²) in [5.41, 5.74) is 0. The van der Waals surface area contributed by atoms with Crippen LogP contribution in [0.3, 0.4) is 0 Å². The van der Waals surface area contributed by atoms with E-state index in [2.05, 4.69) is 0 Å². The minimum atomic E-state index is 0. The van der Waals surface area contributed by atoms with Crippen molar-refractivity contribution in [1.29, 1.82) is 0 Å². The second-order valence-electron chi connectivity index (χ2n) is 0. The van der Waals surface area contributed by atoms with E-state index in [-0.39, 0.29) is 73.5 Å². The Morgan fingerprint density at radius 2 is 1.00 bits per heavy atom. The summed E-state index contributed by atoms with van der Waals surface area (Å²) in [7, 11) is 0. The van der Waals surface area contributed by atoms with Crippen LogP contribution in [0.15, 0.2) is 0 Å². The van der Waals surface area contributed by atoms with Crippen molar-refractivity contribution in [2.24, 2.45) is 0 Å². The van der Waals surface area contributed by atoms with Gasteiger partial charge in [-0.25, -0.2) is 0 Å². The van der Waals surface area contributed by atoms with Crippen LogP contribution in [0.4, 0.5) is 0 Å². The first-order valence-corrected chi connectivity index (χ1v) is 0. The first-order chi connectivity index (χ1) is 0. The second-order valence-corrected chi connectivity index (χ2v) is 0. The molecular formula is H2CuInSSe. The molecule has 0 saturated carbocycles. The molecule has 0 aliphatic carbocycles. The third-order valence-electron chi connectivity index (χ3n) is 0. The predicted molar refractivity (Wildman–Crippen MR) is 21.9 cm³/mol. The third kappa shape index (κ3) is 8.86. The van der Waals surface area contributed by atoms with Crippen LogP contribution >= 0.6 is 13.5 Å². The third-order valence-corrected chi connectivity index (χ3v) is 0. The maximum absolute atomic E-state index is 0. The molecule has 0 fully saturated rings. The predicted octanol–water partition coefficient (Wildman–Crippen LogP) is -0.651. The van der Waals surface area contributed by atoms with Gasteiger partial charge in [0.15, 0.2) is 0 Å². The molecule has 0 spiro atoms. The van der Waals surface area contributed by atoms with Crippen molar-refractivity contribution in [2.75, 3.05) is 0 Å². The smallest absolute Gasteiger partial charge is 0 e. The van der Waals surface area contributed by atoms with E-state index in [1.165, 1.54) is 0 Å². The largest absolute Gasteiger partial charge is 0.197 e. The summed E-state index contributed by atoms with van der Waals surface area (Å²) >= 11 is 0. The van der Waals surface area contributed by atoms with E-state index < -0.39 is 0 Å². The molecule has 0 amide bonds. The quantitative estimate of drug-likeness (QED) is 0.520. The van der Waals surface area contributed by atoms with Gasteiger partial charge < -0.3 is 0 Å². The van der Waals surface area contributed by atoms with Gasteiger partial charge in [0.25, 0.3) is 0 Å². The Morgan fingerprint density at radius 3 is 1.00 bits per heavy atom. The number of hydrogen-bond acceptors (Lipinski definition) is 0. The molecule has 4 heteroatoms. The molecular weight excluding hydrogens is 289 g/mol. The number of rotatable bonds is 0. The minimum absolute atomic E-state index is 0. The summed E-state index contributed by atoms with van der Waals surface area (Å²) in [6.07, 6.45) is 0. The van der Waals surface area contributed by atoms with Crippen molar-refractivity contribution in [2.45, 2.75) is 0 Å². The van der Waals surface area contributed by atoms with Gasteiger partial charge in [-0.15, -0.1) is 0 Å². The normalized spacial score (nSPS) is 0. The molecule has 0 atom stereocenters. The van der Waals surface area contributed by atoms with Gasteiger partial charge in [0.2, 0.25) is 0 Å². The Hall–Kier alpha value is 2.26. The van der Waals surface area contributed by atoms with Crippen molar-refractivity contribution in [3.63, 3.8) is 0 Å². The van der Waals surface area contributed by atoms with Crippen LogP contribution in [-0.4, -0.2) is 42.9 Å². The van der Waals surface area contributed by atoms with E-state index in [1.54, 1.807) is 0 Å². The van der Waals surface area contributed by atoms with Gasteiger partial charge in [0, 0.05) is 60.0 Å². The second kappa shape index (κ2) is 18.7. The summed E-state index contributed by atoms with van der Waals surface area (Å²) in [5, 5.41) is 0. The van der Waals surface area contributed by atoms with E-state index in [0.717, 1.165) is 0 Å². The van der Waals surface area contributed by atoms with Gasteiger partial charge in [0.1, 0.15) is 0 Å². The standard InChI is InChI=1S/Cu.In.H2S.Se/h;;1H2;. The van der Waals surface area contributed by atoms with Gasteiger partial charge in [-0.1, -0.05) is 0 Å². The number of hydrogen-bond donors (Lipinski definition) is 0. The monoisotopic (exact) mass is 292 g/mol. The molecule has 0 aliphatic heterocycles. The molecule has 4 heavy (non-hydrogen) atoms. The Balaban J connectivity index is 0. The summed E-state index contributed by atoms with van der Waals surface area (Å²) in [6, 6.07) is 0. The average Bonchev–Trinajstić information content (AvgIpc) is 0. The SMILES string of the molecule is S.[Cu].[In].[Se]. The van der Waals surface area contributed by atoms with E-state index in [9.17, 15) is 0 Å². The molecule has 6 radical (unpaired) electrons. The Bertz CT molecular complexity index is 8.00. The molecule has 0 heterocycles. The van der Waals surface area contributed by atoms with Crippen LogP contribution < -0.4 is 0 Å². The van der Waals surface area contributed by atoms with Crippen molar-refractivity contribution in [1.82, 2.24) is 0 Å². The fourth-order valence-electron chi connectivity index (χ4n) is 0. The molecule has 0 rings (SSSR count). The maximum atomic E-state index is 0. The zero-order valence-electron chi connectivity index (χ0n) is 1.79. The molecule has 28 valence electrons. The van der Waals surface area contributed by atoms with E-state index in [1.807, 2.05) is 0 Å². The molecule has 0 aromatic heterocycles. The van der Waals surface area contributed by atoms with Crippen LogP contribution in [0.5, 0.6) is 0 Å². The van der Waals surface area contributed by atoms with Crippen molar-refractivity contribution in [3.8, 4) is 0 Å². The van der Waals surface area contributed by atoms with Gasteiger partial charge in [-0.05, 0) is 0 Å². The Labute approximate surface area is 72.7 Å². The molecule has 0 aromatic rings. The van der Waals surface area contributed by atoms with E-state index >= 15 is 0 Å². The maximum Gasteiger partial charge on any atom is 0 e. The van der Waals surface area contributed by atoms with Crippen molar-refractivity contribution < 1.29 is 17.1 Å². The molecule has 0 saturated heterocycles. The fraction of sp³-hybridized carbons (Fsp3) is 0. The molecule has 0 unspecified atom stereocenters. The molecule has 0 N–H and O–H groups in total. The van der Waals surface area contributed by atoms with Crippen LogP contribution in [0.1, 0.15) is 0 Å². The summed E-state index contributed by atoms with van der Waals surface area (Å²) in [6.45, 7) is 0. The van der Waals surface area contributed by atoms with Gasteiger partial charge >= 0.3 is 0 Å². The van der Waals surface area contributed by atoms with Crippen LogP contribution in [0.2, 0.25) is 0 Å². The van der Waals surface area contributed by atoms with Gasteiger partial charge in [-0.2, -0.15) is 13.5 Å². The Kier molecular flexibility index (Phi) is 159. The summed E-state index contributed by atoms with van der Waals surface area (Å²) in [5.74, 6) is 0.